The maximum Gasteiger partial charge on any atom is 0.262 e. The number of ether oxygens (including phenoxy) is 2. The molecule has 1 N–H and O–H groups in total. The molecule has 0 radical (unpaired) electrons. The third-order valence-electron chi connectivity index (χ3n) is 4.98. The van der Waals surface area contributed by atoms with Crippen LogP contribution in [0.4, 0.5) is 0 Å². The Morgan fingerprint density at radius 2 is 1.97 bits per heavy atom. The average molecular weight is 425 g/mol. The average Bonchev–Trinajstić information content (AvgIpc) is 3.25. The number of carbonyl (C=O) groups excluding carboxylic acids is 1. The Bertz CT molecular complexity index is 959. The largest absolute Gasteiger partial charge is 0.490 e. The molecular weight excluding hydrogens is 400 g/mol. The fourth-order valence-corrected chi connectivity index (χ4v) is 3.61. The van der Waals surface area contributed by atoms with Gasteiger partial charge in [-0.05, 0) is 49.6 Å². The van der Waals surface area contributed by atoms with Crippen molar-refractivity contribution in [3.05, 3.63) is 64.2 Å². The maximum absolute atomic E-state index is 12.4. The summed E-state index contributed by atoms with van der Waals surface area (Å²) in [6.45, 7) is 2.65. The van der Waals surface area contributed by atoms with Crippen LogP contribution >= 0.6 is 11.6 Å². The number of nitrogens with zero attached hydrogens (tertiary/aromatic N) is 1. The number of halogens is 1. The lowest BCUT2D eigenvalue weighted by atomic mass is 10.1. The maximum atomic E-state index is 12.4. The fraction of sp³-hybridized carbons (Fsp3) is 0.333. The van der Waals surface area contributed by atoms with Crippen molar-refractivity contribution in [2.75, 3.05) is 6.61 Å². The minimum Gasteiger partial charge on any atom is -0.490 e. The lowest BCUT2D eigenvalue weighted by Crippen LogP contribution is -2.33. The van der Waals surface area contributed by atoms with Crippen molar-refractivity contribution in [1.29, 1.82) is 5.26 Å². The number of amides is 1. The minimum absolute atomic E-state index is 0.0779. The first-order valence-corrected chi connectivity index (χ1v) is 10.5. The zero-order valence-electron chi connectivity index (χ0n) is 17.0. The molecule has 0 unspecified atom stereocenters. The van der Waals surface area contributed by atoms with E-state index in [9.17, 15) is 10.1 Å². The van der Waals surface area contributed by atoms with Gasteiger partial charge in [0.25, 0.3) is 5.91 Å². The Hall–Kier alpha value is -2.97. The molecule has 156 valence electrons. The Balaban J connectivity index is 1.75. The summed E-state index contributed by atoms with van der Waals surface area (Å²) in [5, 5.41) is 13.0. The summed E-state index contributed by atoms with van der Waals surface area (Å²) in [6.07, 6.45) is 5.74. The molecule has 30 heavy (non-hydrogen) atoms. The smallest absolute Gasteiger partial charge is 0.262 e. The van der Waals surface area contributed by atoms with Crippen LogP contribution in [0.25, 0.3) is 6.08 Å². The van der Waals surface area contributed by atoms with Crippen molar-refractivity contribution in [3.63, 3.8) is 0 Å². The Kier molecular flexibility index (Phi) is 7.75. The molecule has 5 nitrogen and oxygen atoms in total. The van der Waals surface area contributed by atoms with Gasteiger partial charge < -0.3 is 14.8 Å². The van der Waals surface area contributed by atoms with E-state index in [-0.39, 0.29) is 17.5 Å². The highest BCUT2D eigenvalue weighted by Crippen LogP contribution is 2.31. The quantitative estimate of drug-likeness (QED) is 0.462. The summed E-state index contributed by atoms with van der Waals surface area (Å²) in [4.78, 5) is 12.4. The predicted molar refractivity (Wildman–Crippen MR) is 117 cm³/mol. The van der Waals surface area contributed by atoms with Crippen LogP contribution in [-0.4, -0.2) is 18.6 Å². The molecule has 1 saturated carbocycles. The number of carbonyl (C=O) groups is 1. The standard InChI is InChI=1S/C24H25ClN2O3/c1-2-29-23-14-17(13-19(15-26)24(28)27-20-8-4-5-9-20)11-12-22(23)30-16-18-7-3-6-10-21(18)25/h3,6-7,10-14,20H,2,4-5,8-9,16H2,1H3,(H,27,28)/b19-13+. The van der Waals surface area contributed by atoms with E-state index >= 15 is 0 Å². The number of hydrogen-bond acceptors (Lipinski definition) is 4. The highest BCUT2D eigenvalue weighted by molar-refractivity contribution is 6.31. The molecule has 0 bridgehead atoms. The van der Waals surface area contributed by atoms with Crippen molar-refractivity contribution in [2.45, 2.75) is 45.3 Å². The van der Waals surface area contributed by atoms with E-state index in [4.69, 9.17) is 21.1 Å². The molecule has 2 aromatic rings. The van der Waals surface area contributed by atoms with Gasteiger partial charge in [-0.15, -0.1) is 0 Å². The Morgan fingerprint density at radius 3 is 2.67 bits per heavy atom. The van der Waals surface area contributed by atoms with E-state index in [0.29, 0.717) is 35.3 Å². The van der Waals surface area contributed by atoms with E-state index in [1.807, 2.05) is 37.3 Å². The Morgan fingerprint density at radius 1 is 1.20 bits per heavy atom. The third-order valence-corrected chi connectivity index (χ3v) is 5.34. The van der Waals surface area contributed by atoms with Crippen molar-refractivity contribution >= 4 is 23.6 Å². The van der Waals surface area contributed by atoms with Gasteiger partial charge in [-0.2, -0.15) is 5.26 Å². The van der Waals surface area contributed by atoms with Crippen LogP contribution in [0.2, 0.25) is 5.02 Å². The second-order valence-corrected chi connectivity index (χ2v) is 7.55. The van der Waals surface area contributed by atoms with Gasteiger partial charge in [-0.3, -0.25) is 4.79 Å². The lowest BCUT2D eigenvalue weighted by Gasteiger charge is -2.14. The lowest BCUT2D eigenvalue weighted by molar-refractivity contribution is -0.117. The van der Waals surface area contributed by atoms with Crippen molar-refractivity contribution in [3.8, 4) is 17.6 Å². The molecular formula is C24H25ClN2O3. The van der Waals surface area contributed by atoms with Crippen LogP contribution in [-0.2, 0) is 11.4 Å². The number of nitriles is 1. The van der Waals surface area contributed by atoms with Crippen LogP contribution in [0.5, 0.6) is 11.5 Å². The molecule has 3 rings (SSSR count). The van der Waals surface area contributed by atoms with Gasteiger partial charge in [-0.25, -0.2) is 0 Å². The summed E-state index contributed by atoms with van der Waals surface area (Å²) in [5.74, 6) is 0.788. The van der Waals surface area contributed by atoms with Crippen LogP contribution in [0.15, 0.2) is 48.0 Å². The SMILES string of the molecule is CCOc1cc(/C=C(\C#N)C(=O)NC2CCCC2)ccc1OCc1ccccc1Cl. The highest BCUT2D eigenvalue weighted by atomic mass is 35.5. The number of hydrogen-bond donors (Lipinski definition) is 1. The van der Waals surface area contributed by atoms with E-state index in [1.165, 1.54) is 0 Å². The molecule has 0 spiro atoms. The summed E-state index contributed by atoms with van der Waals surface area (Å²) in [7, 11) is 0. The zero-order chi connectivity index (χ0) is 21.3. The van der Waals surface area contributed by atoms with Crippen LogP contribution < -0.4 is 14.8 Å². The van der Waals surface area contributed by atoms with Gasteiger partial charge in [0.05, 0.1) is 6.61 Å². The molecule has 0 heterocycles. The molecule has 0 aromatic heterocycles. The summed E-state index contributed by atoms with van der Waals surface area (Å²) >= 11 is 6.19. The van der Waals surface area contributed by atoms with Crippen LogP contribution in [0, 0.1) is 11.3 Å². The fourth-order valence-electron chi connectivity index (χ4n) is 3.42. The van der Waals surface area contributed by atoms with Gasteiger partial charge in [0.1, 0.15) is 18.2 Å². The third kappa shape index (κ3) is 5.77. The normalized spacial score (nSPS) is 14.2. The Labute approximate surface area is 182 Å². The number of benzene rings is 2. The summed E-state index contributed by atoms with van der Waals surface area (Å²) < 4.78 is 11.6. The topological polar surface area (TPSA) is 71.3 Å². The number of nitrogens with one attached hydrogen (secondary N) is 1. The molecule has 0 saturated heterocycles. The van der Waals surface area contributed by atoms with E-state index in [1.54, 1.807) is 24.3 Å². The highest BCUT2D eigenvalue weighted by Gasteiger charge is 2.19. The summed E-state index contributed by atoms with van der Waals surface area (Å²) in [6, 6.07) is 15.0. The van der Waals surface area contributed by atoms with Crippen LogP contribution in [0.3, 0.4) is 0 Å². The molecule has 0 atom stereocenters. The molecule has 1 aliphatic rings. The summed E-state index contributed by atoms with van der Waals surface area (Å²) in [5.41, 5.74) is 1.65. The van der Waals surface area contributed by atoms with Gasteiger partial charge in [0, 0.05) is 16.6 Å². The first-order chi connectivity index (χ1) is 14.6. The molecule has 1 aliphatic carbocycles. The zero-order valence-corrected chi connectivity index (χ0v) is 17.7. The first kappa shape index (κ1) is 21.7. The molecule has 2 aromatic carbocycles. The van der Waals surface area contributed by atoms with E-state index in [0.717, 1.165) is 31.2 Å². The minimum atomic E-state index is -0.332. The van der Waals surface area contributed by atoms with Crippen molar-refractivity contribution in [1.82, 2.24) is 5.32 Å². The molecule has 6 heteroatoms. The monoisotopic (exact) mass is 424 g/mol. The van der Waals surface area contributed by atoms with Gasteiger partial charge in [-0.1, -0.05) is 48.7 Å². The first-order valence-electron chi connectivity index (χ1n) is 10.2. The molecule has 1 amide bonds. The molecule has 1 fully saturated rings. The van der Waals surface area contributed by atoms with Crippen molar-refractivity contribution < 1.29 is 14.3 Å². The second kappa shape index (κ2) is 10.7. The van der Waals surface area contributed by atoms with Crippen LogP contribution in [0.1, 0.15) is 43.7 Å². The van der Waals surface area contributed by atoms with Gasteiger partial charge >= 0.3 is 0 Å². The van der Waals surface area contributed by atoms with Gasteiger partial charge in [0.15, 0.2) is 11.5 Å². The van der Waals surface area contributed by atoms with Gasteiger partial charge in [0.2, 0.25) is 0 Å². The molecule has 0 aliphatic heterocycles. The second-order valence-electron chi connectivity index (χ2n) is 7.14. The van der Waals surface area contributed by atoms with E-state index < -0.39 is 0 Å². The van der Waals surface area contributed by atoms with E-state index in [2.05, 4.69) is 5.32 Å². The number of rotatable bonds is 8. The predicted octanol–water partition coefficient (Wildman–Crippen LogP) is 5.28. The van der Waals surface area contributed by atoms with Crippen molar-refractivity contribution in [2.24, 2.45) is 0 Å².